The summed E-state index contributed by atoms with van der Waals surface area (Å²) in [7, 11) is 0. The Kier molecular flexibility index (Phi) is 5.81. The third kappa shape index (κ3) is 4.54. The Morgan fingerprint density at radius 1 is 1.57 bits per heavy atom. The Hall–Kier alpha value is -0.880. The van der Waals surface area contributed by atoms with Crippen LogP contribution in [-0.2, 0) is 4.79 Å². The molecule has 7 heteroatoms. The lowest BCUT2D eigenvalue weighted by molar-refractivity contribution is -0.118. The molecule has 0 saturated carbocycles. The summed E-state index contributed by atoms with van der Waals surface area (Å²) in [5.74, 6) is 0.853. The molecule has 1 aliphatic rings. The number of aromatic nitrogens is 1. The fourth-order valence-corrected chi connectivity index (χ4v) is 3.04. The second kappa shape index (κ2) is 7.40. The van der Waals surface area contributed by atoms with Gasteiger partial charge >= 0.3 is 0 Å². The molecule has 0 spiro atoms. The quantitative estimate of drug-likeness (QED) is 0.889. The van der Waals surface area contributed by atoms with Crippen LogP contribution in [0.25, 0.3) is 0 Å². The van der Waals surface area contributed by atoms with Crippen LogP contribution in [0.4, 0.5) is 5.82 Å². The Labute approximate surface area is 134 Å². The van der Waals surface area contributed by atoms with Crippen molar-refractivity contribution in [3.63, 3.8) is 0 Å². The second-order valence-electron chi connectivity index (χ2n) is 5.52. The van der Waals surface area contributed by atoms with Gasteiger partial charge < -0.3 is 11.1 Å². The van der Waals surface area contributed by atoms with Crippen molar-refractivity contribution in [2.45, 2.75) is 25.8 Å². The summed E-state index contributed by atoms with van der Waals surface area (Å²) in [6.07, 6.45) is 3.57. The van der Waals surface area contributed by atoms with Gasteiger partial charge in [-0.3, -0.25) is 9.69 Å². The minimum absolute atomic E-state index is 0.139. The summed E-state index contributed by atoms with van der Waals surface area (Å²) in [5.41, 5.74) is 5.80. The fourth-order valence-electron chi connectivity index (χ4n) is 2.62. The van der Waals surface area contributed by atoms with Gasteiger partial charge in [-0.15, -0.1) is 0 Å². The van der Waals surface area contributed by atoms with Gasteiger partial charge in [0.1, 0.15) is 0 Å². The van der Waals surface area contributed by atoms with Crippen LogP contribution in [0.15, 0.2) is 12.3 Å². The molecule has 1 amide bonds. The zero-order chi connectivity index (χ0) is 15.4. The predicted molar refractivity (Wildman–Crippen MR) is 85.7 cm³/mol. The topological polar surface area (TPSA) is 71.2 Å². The first kappa shape index (κ1) is 16.5. The van der Waals surface area contributed by atoms with Gasteiger partial charge in [-0.05, 0) is 31.4 Å². The van der Waals surface area contributed by atoms with Crippen LogP contribution in [0.1, 0.15) is 19.8 Å². The molecule has 2 unspecified atom stereocenters. The van der Waals surface area contributed by atoms with Crippen LogP contribution in [0, 0.1) is 5.92 Å². The number of carbonyl (C=O) groups is 1. The summed E-state index contributed by atoms with van der Waals surface area (Å²) in [6.45, 7) is 3.97. The summed E-state index contributed by atoms with van der Waals surface area (Å²) in [6, 6.07) is 1.81. The first-order chi connectivity index (χ1) is 9.99. The molecule has 3 N–H and O–H groups in total. The molecule has 2 atom stereocenters. The van der Waals surface area contributed by atoms with E-state index in [1.54, 1.807) is 6.07 Å². The van der Waals surface area contributed by atoms with Crippen molar-refractivity contribution in [1.29, 1.82) is 0 Å². The van der Waals surface area contributed by atoms with E-state index >= 15 is 0 Å². The van der Waals surface area contributed by atoms with Crippen molar-refractivity contribution in [3.8, 4) is 0 Å². The normalized spacial score (nSPS) is 23.0. The lowest BCUT2D eigenvalue weighted by Crippen LogP contribution is -2.49. The molecule has 0 aromatic carbocycles. The first-order valence-electron chi connectivity index (χ1n) is 7.04. The molecule has 1 saturated heterocycles. The number of nitrogens with two attached hydrogens (primary N) is 1. The van der Waals surface area contributed by atoms with E-state index in [2.05, 4.69) is 22.1 Å². The van der Waals surface area contributed by atoms with Crippen molar-refractivity contribution >= 4 is 34.9 Å². The molecule has 1 fully saturated rings. The molecule has 0 bridgehead atoms. The van der Waals surface area contributed by atoms with E-state index in [-0.39, 0.29) is 11.9 Å². The molecule has 0 radical (unpaired) electrons. The molecule has 1 aliphatic heterocycles. The van der Waals surface area contributed by atoms with E-state index in [4.69, 9.17) is 28.9 Å². The minimum Gasteiger partial charge on any atom is -0.329 e. The van der Waals surface area contributed by atoms with Gasteiger partial charge in [-0.25, -0.2) is 4.98 Å². The Morgan fingerprint density at radius 2 is 2.33 bits per heavy atom. The summed E-state index contributed by atoms with van der Waals surface area (Å²) in [4.78, 5) is 18.3. The minimum atomic E-state index is -0.139. The number of hydrogen-bond donors (Lipinski definition) is 2. The lowest BCUT2D eigenvalue weighted by atomic mass is 9.92. The van der Waals surface area contributed by atoms with Crippen LogP contribution in [0.3, 0.4) is 0 Å². The molecule has 1 aromatic rings. The maximum absolute atomic E-state index is 12.1. The van der Waals surface area contributed by atoms with E-state index in [1.165, 1.54) is 6.20 Å². The van der Waals surface area contributed by atoms with Gasteiger partial charge in [0.05, 0.1) is 16.6 Å². The fraction of sp³-hybridized carbons (Fsp3) is 0.571. The van der Waals surface area contributed by atoms with Crippen LogP contribution >= 0.6 is 23.2 Å². The zero-order valence-corrected chi connectivity index (χ0v) is 13.5. The number of rotatable bonds is 4. The maximum atomic E-state index is 12.1. The highest BCUT2D eigenvalue weighted by atomic mass is 35.5. The standard InChI is InChI=1S/C14H20Cl2N4O/c1-9-2-3-20(11(4-9)6-17)8-13(21)19-14-12(16)5-10(15)7-18-14/h5,7,9,11H,2-4,6,8,17H2,1H3,(H,18,19,21). The number of nitrogens with one attached hydrogen (secondary N) is 1. The van der Waals surface area contributed by atoms with Crippen molar-refractivity contribution in [1.82, 2.24) is 9.88 Å². The molecule has 5 nitrogen and oxygen atoms in total. The third-order valence-electron chi connectivity index (χ3n) is 3.78. The van der Waals surface area contributed by atoms with Gasteiger partial charge in [0.25, 0.3) is 0 Å². The SMILES string of the molecule is CC1CCN(CC(=O)Nc2ncc(Cl)cc2Cl)C(CN)C1. The second-order valence-corrected chi connectivity index (χ2v) is 6.37. The molecular weight excluding hydrogens is 311 g/mol. The van der Waals surface area contributed by atoms with Crippen LogP contribution < -0.4 is 11.1 Å². The van der Waals surface area contributed by atoms with E-state index < -0.39 is 0 Å². The molecule has 2 rings (SSSR count). The average molecular weight is 331 g/mol. The van der Waals surface area contributed by atoms with Crippen LogP contribution in [0.2, 0.25) is 10.0 Å². The number of piperidine rings is 1. The summed E-state index contributed by atoms with van der Waals surface area (Å²) in [5, 5.41) is 3.49. The molecule has 2 heterocycles. The number of pyridine rings is 1. The Morgan fingerprint density at radius 3 is 3.00 bits per heavy atom. The lowest BCUT2D eigenvalue weighted by Gasteiger charge is -2.37. The van der Waals surface area contributed by atoms with E-state index in [0.717, 1.165) is 19.4 Å². The number of carbonyl (C=O) groups excluding carboxylic acids is 1. The smallest absolute Gasteiger partial charge is 0.239 e. The van der Waals surface area contributed by atoms with E-state index in [0.29, 0.717) is 34.9 Å². The average Bonchev–Trinajstić information content (AvgIpc) is 2.44. The first-order valence-corrected chi connectivity index (χ1v) is 7.80. The predicted octanol–water partition coefficient (Wildman–Crippen LogP) is 2.39. The van der Waals surface area contributed by atoms with Gasteiger partial charge in [0.2, 0.25) is 5.91 Å². The highest BCUT2D eigenvalue weighted by Crippen LogP contribution is 2.24. The largest absolute Gasteiger partial charge is 0.329 e. The summed E-state index contributed by atoms with van der Waals surface area (Å²) < 4.78 is 0. The maximum Gasteiger partial charge on any atom is 0.239 e. The zero-order valence-electron chi connectivity index (χ0n) is 12.0. The molecule has 1 aromatic heterocycles. The number of hydrogen-bond acceptors (Lipinski definition) is 4. The number of likely N-dealkylation sites (tertiary alicyclic amines) is 1. The van der Waals surface area contributed by atoms with Crippen LogP contribution in [0.5, 0.6) is 0 Å². The monoisotopic (exact) mass is 330 g/mol. The number of amides is 1. The van der Waals surface area contributed by atoms with Crippen molar-refractivity contribution < 1.29 is 4.79 Å². The number of halogens is 2. The van der Waals surface area contributed by atoms with Gasteiger partial charge in [-0.2, -0.15) is 0 Å². The highest BCUT2D eigenvalue weighted by molar-refractivity contribution is 6.36. The third-order valence-corrected chi connectivity index (χ3v) is 4.28. The van der Waals surface area contributed by atoms with Gasteiger partial charge in [-0.1, -0.05) is 30.1 Å². The number of anilines is 1. The van der Waals surface area contributed by atoms with E-state index in [1.807, 2.05) is 0 Å². The Balaban J connectivity index is 1.94. The molecular formula is C14H20Cl2N4O. The van der Waals surface area contributed by atoms with E-state index in [9.17, 15) is 4.79 Å². The molecule has 21 heavy (non-hydrogen) atoms. The Bertz CT molecular complexity index is 512. The van der Waals surface area contributed by atoms with Crippen molar-refractivity contribution in [2.24, 2.45) is 11.7 Å². The van der Waals surface area contributed by atoms with Gasteiger partial charge in [0.15, 0.2) is 5.82 Å². The summed E-state index contributed by atoms with van der Waals surface area (Å²) >= 11 is 11.8. The van der Waals surface area contributed by atoms with Gasteiger partial charge in [0, 0.05) is 18.8 Å². The van der Waals surface area contributed by atoms with Crippen molar-refractivity contribution in [3.05, 3.63) is 22.3 Å². The van der Waals surface area contributed by atoms with Crippen LogP contribution in [-0.4, -0.2) is 41.5 Å². The molecule has 116 valence electrons. The molecule has 0 aliphatic carbocycles. The number of nitrogens with zero attached hydrogens (tertiary/aromatic N) is 2. The highest BCUT2D eigenvalue weighted by Gasteiger charge is 2.26. The van der Waals surface area contributed by atoms with Crippen molar-refractivity contribution in [2.75, 3.05) is 25.0 Å².